The number of carbonyl (C=O) groups is 2. The Morgan fingerprint density at radius 1 is 1.31 bits per heavy atom. The summed E-state index contributed by atoms with van der Waals surface area (Å²) in [5.74, 6) is 0.889. The van der Waals surface area contributed by atoms with Crippen LogP contribution in [-0.4, -0.2) is 39.9 Å². The van der Waals surface area contributed by atoms with E-state index in [1.54, 1.807) is 22.6 Å². The smallest absolute Gasteiger partial charge is 0.290 e. The van der Waals surface area contributed by atoms with E-state index in [0.29, 0.717) is 48.2 Å². The van der Waals surface area contributed by atoms with Crippen LogP contribution < -0.4 is 10.5 Å². The van der Waals surface area contributed by atoms with Crippen molar-refractivity contribution in [2.24, 2.45) is 5.73 Å². The number of carbonyl (C=O) groups excluding carboxylic acids is 2. The molecule has 0 spiro atoms. The van der Waals surface area contributed by atoms with Crippen molar-refractivity contribution >= 4 is 22.8 Å². The van der Waals surface area contributed by atoms with Crippen molar-refractivity contribution in [3.05, 3.63) is 47.2 Å². The van der Waals surface area contributed by atoms with Gasteiger partial charge in [0.05, 0.1) is 19.9 Å². The fourth-order valence-electron chi connectivity index (χ4n) is 3.31. The highest BCUT2D eigenvalue weighted by Gasteiger charge is 2.29. The van der Waals surface area contributed by atoms with Crippen molar-refractivity contribution < 1.29 is 18.7 Å². The Morgan fingerprint density at radius 2 is 2.12 bits per heavy atom. The fourth-order valence-corrected chi connectivity index (χ4v) is 3.31. The lowest BCUT2D eigenvalue weighted by molar-refractivity contribution is 0.0675. The highest BCUT2D eigenvalue weighted by Crippen LogP contribution is 2.30. The number of furan rings is 1. The Kier molecular flexibility index (Phi) is 3.68. The average molecular weight is 354 g/mol. The van der Waals surface area contributed by atoms with E-state index >= 15 is 0 Å². The number of primary amides is 1. The number of rotatable bonds is 3. The van der Waals surface area contributed by atoms with Crippen molar-refractivity contribution in [2.75, 3.05) is 13.7 Å². The van der Waals surface area contributed by atoms with Crippen molar-refractivity contribution in [3.8, 4) is 5.75 Å². The highest BCUT2D eigenvalue weighted by atomic mass is 16.5. The zero-order valence-electron chi connectivity index (χ0n) is 14.5. The first-order valence-corrected chi connectivity index (χ1v) is 8.20. The molecule has 3 heterocycles. The minimum Gasteiger partial charge on any atom is -0.497 e. The van der Waals surface area contributed by atoms with Gasteiger partial charge in [-0.15, -0.1) is 0 Å². The summed E-state index contributed by atoms with van der Waals surface area (Å²) in [6.45, 7) is 3.07. The number of methoxy groups -OCH3 is 1. The van der Waals surface area contributed by atoms with Crippen LogP contribution in [0.2, 0.25) is 0 Å². The Labute approximate surface area is 149 Å². The molecule has 4 rings (SSSR count). The van der Waals surface area contributed by atoms with Crippen LogP contribution in [0.4, 0.5) is 0 Å². The van der Waals surface area contributed by atoms with Gasteiger partial charge in [0.1, 0.15) is 22.9 Å². The van der Waals surface area contributed by atoms with Crippen LogP contribution in [-0.2, 0) is 13.1 Å². The first-order valence-electron chi connectivity index (χ1n) is 8.20. The molecule has 0 radical (unpaired) electrons. The standard InChI is InChI=1S/C18H18N4O4/c1-10-12-4-3-11(25-2)7-14(12)26-16(10)18(24)21-5-6-22-13(17(19)23)8-20-15(22)9-21/h3-4,7-8H,5-6,9H2,1-2H3,(H2,19,23). The average Bonchev–Trinajstić information content (AvgIpc) is 3.21. The molecule has 2 N–H and O–H groups in total. The molecule has 0 atom stereocenters. The van der Waals surface area contributed by atoms with Gasteiger partial charge in [-0.1, -0.05) is 0 Å². The molecule has 1 aliphatic heterocycles. The van der Waals surface area contributed by atoms with E-state index < -0.39 is 5.91 Å². The number of nitrogens with two attached hydrogens (primary N) is 1. The molecule has 2 amide bonds. The molecule has 134 valence electrons. The molecule has 0 saturated carbocycles. The molecule has 0 aliphatic carbocycles. The lowest BCUT2D eigenvalue weighted by atomic mass is 10.1. The number of ether oxygens (including phenoxy) is 1. The van der Waals surface area contributed by atoms with Crippen molar-refractivity contribution in [3.63, 3.8) is 0 Å². The zero-order chi connectivity index (χ0) is 18.4. The van der Waals surface area contributed by atoms with Crippen LogP contribution in [0.1, 0.15) is 32.4 Å². The Balaban J connectivity index is 1.65. The first kappa shape index (κ1) is 16.2. The zero-order valence-corrected chi connectivity index (χ0v) is 14.5. The third-order valence-electron chi connectivity index (χ3n) is 4.74. The maximum absolute atomic E-state index is 13.0. The SMILES string of the molecule is COc1ccc2c(C)c(C(=O)N3CCn4c(C(N)=O)cnc4C3)oc2c1. The summed E-state index contributed by atoms with van der Waals surface area (Å²) in [6, 6.07) is 5.48. The van der Waals surface area contributed by atoms with E-state index in [9.17, 15) is 9.59 Å². The second kappa shape index (κ2) is 5.91. The highest BCUT2D eigenvalue weighted by molar-refractivity contribution is 5.99. The quantitative estimate of drug-likeness (QED) is 0.771. The molecule has 0 fully saturated rings. The summed E-state index contributed by atoms with van der Waals surface area (Å²) >= 11 is 0. The minimum atomic E-state index is -0.523. The number of fused-ring (bicyclic) bond motifs is 2. The van der Waals surface area contributed by atoms with Crippen LogP contribution in [0, 0.1) is 6.92 Å². The first-order chi connectivity index (χ1) is 12.5. The second-order valence-electron chi connectivity index (χ2n) is 6.22. The number of amides is 2. The molecule has 8 nitrogen and oxygen atoms in total. The van der Waals surface area contributed by atoms with Crippen LogP contribution in [0.15, 0.2) is 28.8 Å². The van der Waals surface area contributed by atoms with Gasteiger partial charge in [-0.05, 0) is 19.1 Å². The molecular formula is C18H18N4O4. The Bertz CT molecular complexity index is 1030. The monoisotopic (exact) mass is 354 g/mol. The van der Waals surface area contributed by atoms with Gasteiger partial charge in [-0.25, -0.2) is 4.98 Å². The van der Waals surface area contributed by atoms with E-state index in [0.717, 1.165) is 10.9 Å². The van der Waals surface area contributed by atoms with E-state index in [1.165, 1.54) is 6.20 Å². The van der Waals surface area contributed by atoms with Crippen molar-refractivity contribution in [2.45, 2.75) is 20.0 Å². The number of imidazole rings is 1. The number of hydrogen-bond acceptors (Lipinski definition) is 5. The van der Waals surface area contributed by atoms with Crippen molar-refractivity contribution in [1.82, 2.24) is 14.5 Å². The predicted molar refractivity (Wildman–Crippen MR) is 93.0 cm³/mol. The van der Waals surface area contributed by atoms with E-state index in [-0.39, 0.29) is 5.91 Å². The van der Waals surface area contributed by atoms with E-state index in [1.807, 2.05) is 19.1 Å². The summed E-state index contributed by atoms with van der Waals surface area (Å²) in [5.41, 5.74) is 7.11. The van der Waals surface area contributed by atoms with E-state index in [2.05, 4.69) is 4.98 Å². The normalized spacial score (nSPS) is 13.7. The topological polar surface area (TPSA) is 104 Å². The third kappa shape index (κ3) is 2.42. The number of aromatic nitrogens is 2. The predicted octanol–water partition coefficient (Wildman–Crippen LogP) is 1.70. The van der Waals surface area contributed by atoms with E-state index in [4.69, 9.17) is 14.9 Å². The summed E-state index contributed by atoms with van der Waals surface area (Å²) in [4.78, 5) is 30.3. The number of aryl methyl sites for hydroxylation is 1. The van der Waals surface area contributed by atoms with Crippen molar-refractivity contribution in [1.29, 1.82) is 0 Å². The lowest BCUT2D eigenvalue weighted by Crippen LogP contribution is -2.39. The Morgan fingerprint density at radius 3 is 2.85 bits per heavy atom. The van der Waals surface area contributed by atoms with Gasteiger partial charge in [0.15, 0.2) is 5.76 Å². The van der Waals surface area contributed by atoms with Crippen LogP contribution in [0.5, 0.6) is 5.75 Å². The van der Waals surface area contributed by atoms with Crippen LogP contribution >= 0.6 is 0 Å². The van der Waals surface area contributed by atoms with Gasteiger partial charge in [-0.3, -0.25) is 9.59 Å². The molecule has 8 heteroatoms. The number of nitrogens with zero attached hydrogens (tertiary/aromatic N) is 3. The third-order valence-corrected chi connectivity index (χ3v) is 4.74. The van der Waals surface area contributed by atoms with Gasteiger partial charge in [0.2, 0.25) is 0 Å². The van der Waals surface area contributed by atoms with Gasteiger partial charge in [0.25, 0.3) is 11.8 Å². The molecule has 1 aromatic carbocycles. The largest absolute Gasteiger partial charge is 0.497 e. The summed E-state index contributed by atoms with van der Waals surface area (Å²) < 4.78 is 12.8. The minimum absolute atomic E-state index is 0.201. The van der Waals surface area contributed by atoms with Gasteiger partial charge >= 0.3 is 0 Å². The maximum atomic E-state index is 13.0. The maximum Gasteiger partial charge on any atom is 0.290 e. The molecule has 3 aromatic rings. The lowest BCUT2D eigenvalue weighted by Gasteiger charge is -2.27. The summed E-state index contributed by atoms with van der Waals surface area (Å²) in [6.07, 6.45) is 1.45. The van der Waals surface area contributed by atoms with Gasteiger partial charge in [0, 0.05) is 30.1 Å². The van der Waals surface area contributed by atoms with Crippen LogP contribution in [0.3, 0.4) is 0 Å². The van der Waals surface area contributed by atoms with Gasteiger partial charge in [-0.2, -0.15) is 0 Å². The summed E-state index contributed by atoms with van der Waals surface area (Å²) in [5, 5.41) is 0.878. The molecule has 26 heavy (non-hydrogen) atoms. The van der Waals surface area contributed by atoms with Crippen LogP contribution in [0.25, 0.3) is 11.0 Å². The Hall–Kier alpha value is -3.29. The molecule has 1 aliphatic rings. The summed E-state index contributed by atoms with van der Waals surface area (Å²) in [7, 11) is 1.58. The molecule has 0 unspecified atom stereocenters. The molecular weight excluding hydrogens is 336 g/mol. The fraction of sp³-hybridized carbons (Fsp3) is 0.278. The van der Waals surface area contributed by atoms with Gasteiger partial charge < -0.3 is 24.4 Å². The number of hydrogen-bond donors (Lipinski definition) is 1. The molecule has 2 aromatic heterocycles. The molecule has 0 bridgehead atoms. The number of benzene rings is 1. The second-order valence-corrected chi connectivity index (χ2v) is 6.22. The molecule has 0 saturated heterocycles.